The molecule has 1 aromatic rings. The zero-order valence-electron chi connectivity index (χ0n) is 7.06. The van der Waals surface area contributed by atoms with E-state index in [9.17, 15) is 0 Å². The fourth-order valence-electron chi connectivity index (χ4n) is 1.11. The van der Waals surface area contributed by atoms with E-state index in [1.165, 1.54) is 25.7 Å². The molecular weight excluding hydrogens is 136 g/mol. The van der Waals surface area contributed by atoms with Gasteiger partial charge in [0.25, 0.3) is 0 Å². The second kappa shape index (κ2) is 4.94. The number of H-pyrrole nitrogens is 1. The third kappa shape index (κ3) is 3.21. The van der Waals surface area contributed by atoms with E-state index in [0.717, 1.165) is 12.1 Å². The number of aromatic nitrogens is 2. The number of rotatable bonds is 5. The number of imidazole rings is 1. The maximum absolute atomic E-state index is 4.03. The van der Waals surface area contributed by atoms with Crippen LogP contribution in [-0.4, -0.2) is 9.97 Å². The van der Waals surface area contributed by atoms with Crippen LogP contribution in [0.15, 0.2) is 6.20 Å². The minimum absolute atomic E-state index is 1.10. The highest BCUT2D eigenvalue weighted by atomic mass is 14.9. The van der Waals surface area contributed by atoms with Gasteiger partial charge >= 0.3 is 0 Å². The van der Waals surface area contributed by atoms with E-state index < -0.39 is 0 Å². The van der Waals surface area contributed by atoms with E-state index in [-0.39, 0.29) is 0 Å². The van der Waals surface area contributed by atoms with Gasteiger partial charge in [-0.1, -0.05) is 26.2 Å². The quantitative estimate of drug-likeness (QED) is 0.643. The van der Waals surface area contributed by atoms with E-state index in [1.54, 1.807) is 0 Å². The zero-order chi connectivity index (χ0) is 7.94. The lowest BCUT2D eigenvalue weighted by atomic mass is 10.1. The molecule has 0 saturated heterocycles. The molecule has 0 saturated carbocycles. The van der Waals surface area contributed by atoms with Gasteiger partial charge in [0.15, 0.2) is 6.33 Å². The van der Waals surface area contributed by atoms with Crippen molar-refractivity contribution < 1.29 is 0 Å². The van der Waals surface area contributed by atoms with Crippen molar-refractivity contribution in [3.63, 3.8) is 0 Å². The van der Waals surface area contributed by atoms with Gasteiger partial charge in [0.05, 0.1) is 5.69 Å². The van der Waals surface area contributed by atoms with Gasteiger partial charge in [0.1, 0.15) is 0 Å². The molecule has 0 unspecified atom stereocenters. The van der Waals surface area contributed by atoms with Gasteiger partial charge in [-0.05, 0) is 12.8 Å². The molecule has 61 valence electrons. The molecule has 0 aliphatic carbocycles. The highest BCUT2D eigenvalue weighted by Gasteiger charge is 1.93. The molecule has 0 amide bonds. The van der Waals surface area contributed by atoms with Crippen LogP contribution in [0, 0.1) is 6.33 Å². The number of aryl methyl sites for hydroxylation is 1. The minimum Gasteiger partial charge on any atom is -0.342 e. The number of hydrogen-bond donors (Lipinski definition) is 1. The number of nitrogens with one attached hydrogen (secondary N) is 1. The lowest BCUT2D eigenvalue weighted by Crippen LogP contribution is -1.84. The first-order chi connectivity index (χ1) is 5.43. The number of nitrogens with zero attached hydrogens (tertiary/aromatic N) is 1. The van der Waals surface area contributed by atoms with Crippen molar-refractivity contribution in [3.8, 4) is 0 Å². The summed E-state index contributed by atoms with van der Waals surface area (Å²) in [4.78, 5) is 6.87. The molecule has 1 N–H and O–H groups in total. The van der Waals surface area contributed by atoms with Crippen LogP contribution in [0.2, 0.25) is 0 Å². The van der Waals surface area contributed by atoms with Crippen molar-refractivity contribution >= 4 is 0 Å². The lowest BCUT2D eigenvalue weighted by molar-refractivity contribution is 0.662. The predicted molar refractivity (Wildman–Crippen MR) is 45.3 cm³/mol. The third-order valence-corrected chi connectivity index (χ3v) is 1.79. The van der Waals surface area contributed by atoms with Gasteiger partial charge in [0.2, 0.25) is 0 Å². The van der Waals surface area contributed by atoms with Crippen LogP contribution in [0.25, 0.3) is 0 Å². The summed E-state index contributed by atoms with van der Waals surface area (Å²) >= 11 is 0. The Morgan fingerprint density at radius 2 is 2.36 bits per heavy atom. The van der Waals surface area contributed by atoms with E-state index >= 15 is 0 Å². The van der Waals surface area contributed by atoms with Crippen LogP contribution >= 0.6 is 0 Å². The Morgan fingerprint density at radius 3 is 3.00 bits per heavy atom. The van der Waals surface area contributed by atoms with Crippen LogP contribution in [0.5, 0.6) is 0 Å². The topological polar surface area (TPSA) is 28.7 Å². The first-order valence-corrected chi connectivity index (χ1v) is 4.34. The van der Waals surface area contributed by atoms with Gasteiger partial charge in [0, 0.05) is 6.20 Å². The second-order valence-corrected chi connectivity index (χ2v) is 2.81. The molecule has 0 bridgehead atoms. The predicted octanol–water partition coefficient (Wildman–Crippen LogP) is 2.33. The average Bonchev–Trinajstić information content (AvgIpc) is 2.50. The molecule has 0 aliphatic heterocycles. The Labute approximate surface area is 68.0 Å². The standard InChI is InChI=1S/C9H15N2/c1-2-3-4-5-6-9-7-10-8-11-9/h7H,2-6H2,1H3,(H,10,11). The smallest absolute Gasteiger partial charge is 0.173 e. The third-order valence-electron chi connectivity index (χ3n) is 1.79. The van der Waals surface area contributed by atoms with E-state index in [2.05, 4.69) is 23.2 Å². The maximum atomic E-state index is 4.03. The summed E-state index contributed by atoms with van der Waals surface area (Å²) in [5.41, 5.74) is 1.14. The summed E-state index contributed by atoms with van der Waals surface area (Å²) in [5, 5.41) is 0. The Hall–Kier alpha value is -0.790. The average molecular weight is 151 g/mol. The Morgan fingerprint density at radius 1 is 1.45 bits per heavy atom. The summed E-state index contributed by atoms with van der Waals surface area (Å²) in [5.74, 6) is 0. The SMILES string of the molecule is CCCCCCc1c[nH][c]n1. The molecule has 1 aromatic heterocycles. The van der Waals surface area contributed by atoms with Gasteiger partial charge in [-0.25, -0.2) is 4.98 Å². The van der Waals surface area contributed by atoms with E-state index in [0.29, 0.717) is 0 Å². The monoisotopic (exact) mass is 151 g/mol. The highest BCUT2D eigenvalue weighted by Crippen LogP contribution is 2.03. The van der Waals surface area contributed by atoms with Crippen molar-refractivity contribution in [2.75, 3.05) is 0 Å². The second-order valence-electron chi connectivity index (χ2n) is 2.81. The van der Waals surface area contributed by atoms with Crippen molar-refractivity contribution in [1.29, 1.82) is 0 Å². The van der Waals surface area contributed by atoms with Crippen molar-refractivity contribution in [2.24, 2.45) is 0 Å². The Bertz CT molecular complexity index is 168. The first kappa shape index (κ1) is 8.31. The summed E-state index contributed by atoms with van der Waals surface area (Å²) in [6.07, 6.45) is 10.9. The molecule has 1 rings (SSSR count). The van der Waals surface area contributed by atoms with Crippen LogP contribution < -0.4 is 0 Å². The lowest BCUT2D eigenvalue weighted by Gasteiger charge is -1.95. The van der Waals surface area contributed by atoms with Crippen molar-refractivity contribution in [2.45, 2.75) is 39.0 Å². The van der Waals surface area contributed by atoms with Crippen LogP contribution in [-0.2, 0) is 6.42 Å². The van der Waals surface area contributed by atoms with Gasteiger partial charge in [-0.2, -0.15) is 0 Å². The van der Waals surface area contributed by atoms with Gasteiger partial charge < -0.3 is 4.98 Å². The Kier molecular flexibility index (Phi) is 3.73. The molecule has 0 aliphatic rings. The van der Waals surface area contributed by atoms with Crippen LogP contribution in [0.1, 0.15) is 38.3 Å². The van der Waals surface area contributed by atoms with Crippen LogP contribution in [0.3, 0.4) is 0 Å². The number of aromatic amines is 1. The molecule has 0 atom stereocenters. The summed E-state index contributed by atoms with van der Waals surface area (Å²) < 4.78 is 0. The fraction of sp³-hybridized carbons (Fsp3) is 0.667. The molecule has 0 spiro atoms. The maximum Gasteiger partial charge on any atom is 0.173 e. The molecule has 2 nitrogen and oxygen atoms in total. The summed E-state index contributed by atoms with van der Waals surface area (Å²) in [6.45, 7) is 2.22. The number of unbranched alkanes of at least 4 members (excludes halogenated alkanes) is 3. The molecule has 0 aromatic carbocycles. The van der Waals surface area contributed by atoms with Crippen molar-refractivity contribution in [1.82, 2.24) is 9.97 Å². The molecule has 2 heteroatoms. The molecule has 11 heavy (non-hydrogen) atoms. The van der Waals surface area contributed by atoms with Gasteiger partial charge in [-0.3, -0.25) is 0 Å². The van der Waals surface area contributed by atoms with Crippen molar-refractivity contribution in [3.05, 3.63) is 18.2 Å². The molecular formula is C9H15N2. The molecule has 1 heterocycles. The largest absolute Gasteiger partial charge is 0.342 e. The van der Waals surface area contributed by atoms with E-state index in [1.807, 2.05) is 6.20 Å². The normalized spacial score (nSPS) is 10.3. The molecule has 0 fully saturated rings. The highest BCUT2D eigenvalue weighted by molar-refractivity contribution is 4.92. The minimum atomic E-state index is 1.10. The van der Waals surface area contributed by atoms with Crippen LogP contribution in [0.4, 0.5) is 0 Å². The number of hydrogen-bond acceptors (Lipinski definition) is 1. The van der Waals surface area contributed by atoms with E-state index in [4.69, 9.17) is 0 Å². The molecule has 1 radical (unpaired) electrons. The summed E-state index contributed by atoms with van der Waals surface area (Å²) in [6, 6.07) is 0. The first-order valence-electron chi connectivity index (χ1n) is 4.34. The Balaban J connectivity index is 2.04. The van der Waals surface area contributed by atoms with Gasteiger partial charge in [-0.15, -0.1) is 0 Å². The fourth-order valence-corrected chi connectivity index (χ4v) is 1.11. The summed E-state index contributed by atoms with van der Waals surface area (Å²) in [7, 11) is 0. The zero-order valence-corrected chi connectivity index (χ0v) is 7.06.